The summed E-state index contributed by atoms with van der Waals surface area (Å²) >= 11 is 9.17. The Morgan fingerprint density at radius 1 is 1.69 bits per heavy atom. The molecule has 0 atom stereocenters. The van der Waals surface area contributed by atoms with Crippen LogP contribution in [0.2, 0.25) is 5.02 Å². The van der Waals surface area contributed by atoms with E-state index in [-0.39, 0.29) is 5.69 Å². The van der Waals surface area contributed by atoms with Crippen molar-refractivity contribution in [2.24, 2.45) is 7.05 Å². The van der Waals surface area contributed by atoms with E-state index in [0.717, 1.165) is 0 Å². The van der Waals surface area contributed by atoms with Gasteiger partial charge in [0.1, 0.15) is 5.52 Å². The molecule has 1 N–H and O–H groups in total. The van der Waals surface area contributed by atoms with E-state index in [4.69, 9.17) is 11.6 Å². The second-order valence-electron chi connectivity index (χ2n) is 2.61. The largest absolute Gasteiger partial charge is 0.327 e. The second kappa shape index (κ2) is 2.85. The number of nitrogens with one attached hydrogen (secondary N) is 1. The third-order valence-electron chi connectivity index (χ3n) is 1.81. The van der Waals surface area contributed by atoms with Gasteiger partial charge in [0.05, 0.1) is 9.50 Å². The number of fused-ring (bicyclic) bond motifs is 1. The number of aromatic amines is 1. The summed E-state index contributed by atoms with van der Waals surface area (Å²) in [6.45, 7) is 0. The van der Waals surface area contributed by atoms with Crippen molar-refractivity contribution in [1.82, 2.24) is 14.5 Å². The molecule has 2 aromatic heterocycles. The van der Waals surface area contributed by atoms with E-state index >= 15 is 0 Å². The fraction of sp³-hybridized carbons (Fsp3) is 0.143. The molecule has 2 aromatic rings. The summed E-state index contributed by atoms with van der Waals surface area (Å²) in [6.07, 6.45) is 1.57. The summed E-state index contributed by atoms with van der Waals surface area (Å²) in [5.74, 6) is 0. The first-order chi connectivity index (χ1) is 6.11. The number of hydrogen-bond acceptors (Lipinski definition) is 2. The highest BCUT2D eigenvalue weighted by atomic mass is 79.9. The van der Waals surface area contributed by atoms with E-state index in [1.807, 2.05) is 0 Å². The first kappa shape index (κ1) is 8.77. The van der Waals surface area contributed by atoms with Gasteiger partial charge < -0.3 is 4.98 Å². The zero-order valence-electron chi connectivity index (χ0n) is 6.64. The maximum Gasteiger partial charge on any atom is 0.327 e. The molecule has 0 spiro atoms. The van der Waals surface area contributed by atoms with Gasteiger partial charge in [0.15, 0.2) is 5.65 Å². The Labute approximate surface area is 86.7 Å². The molecule has 0 aromatic carbocycles. The molecule has 0 bridgehead atoms. The maximum atomic E-state index is 11.2. The van der Waals surface area contributed by atoms with Crippen molar-refractivity contribution in [2.75, 3.05) is 0 Å². The minimum Gasteiger partial charge on any atom is -0.303 e. The van der Waals surface area contributed by atoms with Gasteiger partial charge in [-0.15, -0.1) is 0 Å². The van der Waals surface area contributed by atoms with E-state index in [9.17, 15) is 4.79 Å². The first-order valence-corrected chi connectivity index (χ1v) is 4.67. The molecule has 0 unspecified atom stereocenters. The minimum atomic E-state index is -0.220. The van der Waals surface area contributed by atoms with Crippen LogP contribution in [0.3, 0.4) is 0 Å². The smallest absolute Gasteiger partial charge is 0.303 e. The number of H-pyrrole nitrogens is 1. The van der Waals surface area contributed by atoms with Crippen molar-refractivity contribution in [1.29, 1.82) is 0 Å². The molecule has 68 valence electrons. The standard InChI is InChI=1S/C7H5BrClN3O/c1-12-6-5(11-7(12)13)4(9)3(8)2-10-6/h2H,1H3,(H,11,13). The van der Waals surface area contributed by atoms with Crippen LogP contribution < -0.4 is 5.69 Å². The Kier molecular flexibility index (Phi) is 1.92. The Bertz CT molecular complexity index is 530. The minimum absolute atomic E-state index is 0.220. The van der Waals surface area contributed by atoms with Crippen molar-refractivity contribution < 1.29 is 0 Å². The highest BCUT2D eigenvalue weighted by Gasteiger charge is 2.09. The molecule has 0 aliphatic carbocycles. The van der Waals surface area contributed by atoms with E-state index in [2.05, 4.69) is 25.9 Å². The van der Waals surface area contributed by atoms with Gasteiger partial charge in [0, 0.05) is 13.2 Å². The summed E-state index contributed by atoms with van der Waals surface area (Å²) in [7, 11) is 1.64. The molecule has 0 saturated carbocycles. The number of aryl methyl sites for hydroxylation is 1. The third kappa shape index (κ3) is 1.19. The molecule has 0 amide bonds. The lowest BCUT2D eigenvalue weighted by atomic mass is 10.4. The average Bonchev–Trinajstić information content (AvgIpc) is 2.38. The van der Waals surface area contributed by atoms with Crippen LogP contribution in [0, 0.1) is 0 Å². The molecule has 0 fully saturated rings. The lowest BCUT2D eigenvalue weighted by Gasteiger charge is -1.96. The highest BCUT2D eigenvalue weighted by molar-refractivity contribution is 9.10. The van der Waals surface area contributed by atoms with Crippen LogP contribution in [0.5, 0.6) is 0 Å². The van der Waals surface area contributed by atoms with Gasteiger partial charge >= 0.3 is 5.69 Å². The molecule has 0 aliphatic rings. The van der Waals surface area contributed by atoms with Gasteiger partial charge in [-0.25, -0.2) is 9.78 Å². The normalized spacial score (nSPS) is 11.0. The van der Waals surface area contributed by atoms with Crippen LogP contribution in [0.25, 0.3) is 11.2 Å². The zero-order chi connectivity index (χ0) is 9.59. The van der Waals surface area contributed by atoms with E-state index in [1.165, 1.54) is 4.57 Å². The van der Waals surface area contributed by atoms with Gasteiger partial charge in [0.2, 0.25) is 0 Å². The van der Waals surface area contributed by atoms with Crippen molar-refractivity contribution in [2.45, 2.75) is 0 Å². The third-order valence-corrected chi connectivity index (χ3v) is 3.03. The molecule has 2 rings (SSSR count). The van der Waals surface area contributed by atoms with Crippen LogP contribution in [0.4, 0.5) is 0 Å². The van der Waals surface area contributed by atoms with Crippen LogP contribution in [-0.4, -0.2) is 14.5 Å². The predicted octanol–water partition coefficient (Wildman–Crippen LogP) is 1.68. The first-order valence-electron chi connectivity index (χ1n) is 3.50. The Morgan fingerprint density at radius 3 is 3.08 bits per heavy atom. The monoisotopic (exact) mass is 261 g/mol. The number of pyridine rings is 1. The van der Waals surface area contributed by atoms with Crippen molar-refractivity contribution >= 4 is 38.7 Å². The number of imidazole rings is 1. The fourth-order valence-electron chi connectivity index (χ4n) is 1.11. The summed E-state index contributed by atoms with van der Waals surface area (Å²) in [6, 6.07) is 0. The quantitative estimate of drug-likeness (QED) is 0.785. The van der Waals surface area contributed by atoms with E-state index < -0.39 is 0 Å². The van der Waals surface area contributed by atoms with Gasteiger partial charge in [0.25, 0.3) is 0 Å². The topological polar surface area (TPSA) is 50.7 Å². The molecule has 4 nitrogen and oxygen atoms in total. The lowest BCUT2D eigenvalue weighted by molar-refractivity contribution is 0.879. The van der Waals surface area contributed by atoms with Crippen LogP contribution >= 0.6 is 27.5 Å². The van der Waals surface area contributed by atoms with Crippen molar-refractivity contribution in [3.8, 4) is 0 Å². The molecule has 0 aliphatic heterocycles. The predicted molar refractivity (Wildman–Crippen MR) is 54.0 cm³/mol. The molecule has 0 radical (unpaired) electrons. The highest BCUT2D eigenvalue weighted by Crippen LogP contribution is 2.26. The second-order valence-corrected chi connectivity index (χ2v) is 3.84. The van der Waals surface area contributed by atoms with Gasteiger partial charge in [-0.2, -0.15) is 0 Å². The molecular formula is C7H5BrClN3O. The molecule has 13 heavy (non-hydrogen) atoms. The molecule has 0 saturated heterocycles. The van der Waals surface area contributed by atoms with Crippen LogP contribution in [0.15, 0.2) is 15.5 Å². The number of rotatable bonds is 0. The fourth-order valence-corrected chi connectivity index (χ4v) is 1.59. The summed E-state index contributed by atoms with van der Waals surface area (Å²) < 4.78 is 2.08. The van der Waals surface area contributed by atoms with Crippen molar-refractivity contribution in [3.05, 3.63) is 26.2 Å². The Morgan fingerprint density at radius 2 is 2.38 bits per heavy atom. The lowest BCUT2D eigenvalue weighted by Crippen LogP contribution is -2.12. The number of aromatic nitrogens is 3. The molecule has 6 heteroatoms. The summed E-state index contributed by atoms with van der Waals surface area (Å²) in [5, 5.41) is 0.475. The van der Waals surface area contributed by atoms with E-state index in [0.29, 0.717) is 20.7 Å². The van der Waals surface area contributed by atoms with Crippen molar-refractivity contribution in [3.63, 3.8) is 0 Å². The molecule has 2 heterocycles. The number of nitrogens with zero attached hydrogens (tertiary/aromatic N) is 2. The number of halogens is 2. The Hall–Kier alpha value is -0.810. The van der Waals surface area contributed by atoms with Crippen LogP contribution in [-0.2, 0) is 7.05 Å². The molecular weight excluding hydrogens is 257 g/mol. The number of hydrogen-bond donors (Lipinski definition) is 1. The van der Waals surface area contributed by atoms with Gasteiger partial charge in [-0.05, 0) is 15.9 Å². The average molecular weight is 262 g/mol. The summed E-state index contributed by atoms with van der Waals surface area (Å²) in [5.41, 5.74) is 0.893. The SMILES string of the molecule is Cn1c(=O)[nH]c2c(Cl)c(Br)cnc21. The van der Waals surface area contributed by atoms with E-state index in [1.54, 1.807) is 13.2 Å². The Balaban J connectivity index is 3.03. The van der Waals surface area contributed by atoms with Crippen LogP contribution in [0.1, 0.15) is 0 Å². The zero-order valence-corrected chi connectivity index (χ0v) is 8.98. The summed E-state index contributed by atoms with van der Waals surface area (Å²) in [4.78, 5) is 17.9. The maximum absolute atomic E-state index is 11.2. The van der Waals surface area contributed by atoms with Gasteiger partial charge in [-0.3, -0.25) is 4.57 Å². The van der Waals surface area contributed by atoms with Gasteiger partial charge in [-0.1, -0.05) is 11.6 Å².